The molecule has 2 aromatic heterocycles. The zero-order valence-electron chi connectivity index (χ0n) is 13.4. The highest BCUT2D eigenvalue weighted by Gasteiger charge is 2.24. The molecule has 0 N–H and O–H groups in total. The van der Waals surface area contributed by atoms with Crippen molar-refractivity contribution in [3.8, 4) is 6.07 Å². The van der Waals surface area contributed by atoms with Crippen molar-refractivity contribution in [2.24, 2.45) is 0 Å². The van der Waals surface area contributed by atoms with Gasteiger partial charge in [0.15, 0.2) is 0 Å². The molecule has 2 aromatic rings. The molecule has 23 heavy (non-hydrogen) atoms. The Bertz CT molecular complexity index is 671. The number of hydrogen-bond acceptors (Lipinski definition) is 5. The smallest absolute Gasteiger partial charge is 0.146 e. The van der Waals surface area contributed by atoms with Crippen molar-refractivity contribution < 1.29 is 0 Å². The third-order valence-electron chi connectivity index (χ3n) is 4.50. The molecule has 3 heterocycles. The van der Waals surface area contributed by atoms with Crippen LogP contribution in [-0.2, 0) is 6.54 Å². The Kier molecular flexibility index (Phi) is 4.84. The second kappa shape index (κ2) is 7.21. The van der Waals surface area contributed by atoms with Crippen LogP contribution in [0.15, 0.2) is 42.9 Å². The Hall–Kier alpha value is -2.45. The summed E-state index contributed by atoms with van der Waals surface area (Å²) in [7, 11) is 2.05. The second-order valence-electron chi connectivity index (χ2n) is 5.96. The van der Waals surface area contributed by atoms with E-state index in [9.17, 15) is 5.26 Å². The zero-order chi connectivity index (χ0) is 16.1. The summed E-state index contributed by atoms with van der Waals surface area (Å²) >= 11 is 0. The van der Waals surface area contributed by atoms with Crippen molar-refractivity contribution in [2.75, 3.05) is 25.0 Å². The molecule has 1 saturated heterocycles. The van der Waals surface area contributed by atoms with Crippen LogP contribution in [0.4, 0.5) is 5.82 Å². The number of nitriles is 1. The Labute approximate surface area is 137 Å². The number of piperidine rings is 1. The topological polar surface area (TPSA) is 56.1 Å². The largest absolute Gasteiger partial charge is 0.356 e. The Morgan fingerprint density at radius 1 is 1.22 bits per heavy atom. The van der Waals surface area contributed by atoms with Crippen LogP contribution in [0, 0.1) is 11.3 Å². The van der Waals surface area contributed by atoms with E-state index in [4.69, 9.17) is 0 Å². The predicted octanol–water partition coefficient (Wildman–Crippen LogP) is 2.45. The fourth-order valence-corrected chi connectivity index (χ4v) is 3.15. The molecule has 1 aliphatic heterocycles. The van der Waals surface area contributed by atoms with E-state index in [1.165, 1.54) is 5.56 Å². The van der Waals surface area contributed by atoms with E-state index >= 15 is 0 Å². The monoisotopic (exact) mass is 307 g/mol. The number of pyridine rings is 2. The molecule has 0 saturated carbocycles. The van der Waals surface area contributed by atoms with Crippen LogP contribution in [0.3, 0.4) is 0 Å². The van der Waals surface area contributed by atoms with Crippen molar-refractivity contribution in [2.45, 2.75) is 25.4 Å². The summed E-state index contributed by atoms with van der Waals surface area (Å²) in [4.78, 5) is 13.1. The molecule has 5 heteroatoms. The van der Waals surface area contributed by atoms with Gasteiger partial charge in [-0.05, 0) is 42.7 Å². The van der Waals surface area contributed by atoms with Gasteiger partial charge in [0.25, 0.3) is 0 Å². The summed E-state index contributed by atoms with van der Waals surface area (Å²) in [6, 6.07) is 10.5. The van der Waals surface area contributed by atoms with E-state index in [0.717, 1.165) is 38.3 Å². The maximum Gasteiger partial charge on any atom is 0.146 e. The molecular weight excluding hydrogens is 286 g/mol. The van der Waals surface area contributed by atoms with Gasteiger partial charge in [0.05, 0.1) is 5.56 Å². The van der Waals surface area contributed by atoms with Crippen LogP contribution in [0.5, 0.6) is 0 Å². The SMILES string of the molecule is CN(c1ncccc1C#N)C1CCN(Cc2ccncc2)CC1. The first kappa shape index (κ1) is 15.4. The van der Waals surface area contributed by atoms with Gasteiger partial charge in [0, 0.05) is 51.3 Å². The summed E-state index contributed by atoms with van der Waals surface area (Å²) in [6.45, 7) is 3.10. The van der Waals surface area contributed by atoms with Crippen LogP contribution in [0.2, 0.25) is 0 Å². The van der Waals surface area contributed by atoms with Crippen LogP contribution in [0.25, 0.3) is 0 Å². The first-order valence-corrected chi connectivity index (χ1v) is 7.97. The average Bonchev–Trinajstić information content (AvgIpc) is 2.62. The molecule has 0 radical (unpaired) electrons. The minimum atomic E-state index is 0.436. The summed E-state index contributed by atoms with van der Waals surface area (Å²) in [5, 5.41) is 9.24. The van der Waals surface area contributed by atoms with Gasteiger partial charge in [-0.25, -0.2) is 4.98 Å². The molecule has 0 amide bonds. The Balaban J connectivity index is 1.59. The number of rotatable bonds is 4. The summed E-state index contributed by atoms with van der Waals surface area (Å²) in [5.41, 5.74) is 1.96. The lowest BCUT2D eigenvalue weighted by Crippen LogP contribution is -2.43. The van der Waals surface area contributed by atoms with Crippen molar-refractivity contribution in [3.05, 3.63) is 54.0 Å². The van der Waals surface area contributed by atoms with Crippen LogP contribution < -0.4 is 4.90 Å². The minimum Gasteiger partial charge on any atom is -0.356 e. The fourth-order valence-electron chi connectivity index (χ4n) is 3.15. The van der Waals surface area contributed by atoms with Gasteiger partial charge in [-0.3, -0.25) is 9.88 Å². The third-order valence-corrected chi connectivity index (χ3v) is 4.50. The number of hydrogen-bond donors (Lipinski definition) is 0. The lowest BCUT2D eigenvalue weighted by atomic mass is 10.0. The maximum atomic E-state index is 9.24. The van der Waals surface area contributed by atoms with Gasteiger partial charge >= 0.3 is 0 Å². The quantitative estimate of drug-likeness (QED) is 0.868. The molecule has 5 nitrogen and oxygen atoms in total. The lowest BCUT2D eigenvalue weighted by molar-refractivity contribution is 0.203. The molecule has 118 valence electrons. The molecule has 0 atom stereocenters. The van der Waals surface area contributed by atoms with E-state index in [1.54, 1.807) is 6.20 Å². The van der Waals surface area contributed by atoms with Gasteiger partial charge in [-0.2, -0.15) is 5.26 Å². The van der Waals surface area contributed by atoms with Gasteiger partial charge in [-0.15, -0.1) is 0 Å². The van der Waals surface area contributed by atoms with Crippen molar-refractivity contribution in [3.63, 3.8) is 0 Å². The van der Waals surface area contributed by atoms with Gasteiger partial charge in [0.2, 0.25) is 0 Å². The molecular formula is C18H21N5. The number of aromatic nitrogens is 2. The fraction of sp³-hybridized carbons (Fsp3) is 0.389. The maximum absolute atomic E-state index is 9.24. The molecule has 0 aliphatic carbocycles. The van der Waals surface area contributed by atoms with Crippen LogP contribution in [0.1, 0.15) is 24.0 Å². The Morgan fingerprint density at radius 2 is 1.96 bits per heavy atom. The molecule has 1 aliphatic rings. The number of nitrogens with zero attached hydrogens (tertiary/aromatic N) is 5. The number of anilines is 1. The van der Waals surface area contributed by atoms with E-state index < -0.39 is 0 Å². The molecule has 0 spiro atoms. The molecule has 0 unspecified atom stereocenters. The van der Waals surface area contributed by atoms with Gasteiger partial charge < -0.3 is 4.90 Å². The highest BCUT2D eigenvalue weighted by molar-refractivity contribution is 5.53. The molecule has 0 bridgehead atoms. The highest BCUT2D eigenvalue weighted by Crippen LogP contribution is 2.23. The van der Waals surface area contributed by atoms with Crippen molar-refractivity contribution in [1.29, 1.82) is 5.26 Å². The lowest BCUT2D eigenvalue weighted by Gasteiger charge is -2.37. The predicted molar refractivity (Wildman–Crippen MR) is 89.9 cm³/mol. The summed E-state index contributed by atoms with van der Waals surface area (Å²) in [5.74, 6) is 0.794. The molecule has 0 aromatic carbocycles. The van der Waals surface area contributed by atoms with Crippen molar-refractivity contribution >= 4 is 5.82 Å². The number of likely N-dealkylation sites (tertiary alicyclic amines) is 1. The third kappa shape index (κ3) is 3.66. The highest BCUT2D eigenvalue weighted by atomic mass is 15.2. The van der Waals surface area contributed by atoms with E-state index in [1.807, 2.05) is 31.6 Å². The van der Waals surface area contributed by atoms with Crippen molar-refractivity contribution in [1.82, 2.24) is 14.9 Å². The summed E-state index contributed by atoms with van der Waals surface area (Å²) < 4.78 is 0. The molecule has 1 fully saturated rings. The van der Waals surface area contributed by atoms with Gasteiger partial charge in [0.1, 0.15) is 11.9 Å². The molecule has 3 rings (SSSR count). The van der Waals surface area contributed by atoms with Crippen LogP contribution >= 0.6 is 0 Å². The first-order chi connectivity index (χ1) is 11.3. The summed E-state index contributed by atoms with van der Waals surface area (Å²) in [6.07, 6.45) is 7.62. The van der Waals surface area contributed by atoms with E-state index in [2.05, 4.69) is 38.0 Å². The van der Waals surface area contributed by atoms with Crippen LogP contribution in [-0.4, -0.2) is 41.0 Å². The zero-order valence-corrected chi connectivity index (χ0v) is 13.4. The first-order valence-electron chi connectivity index (χ1n) is 7.97. The van der Waals surface area contributed by atoms with Gasteiger partial charge in [-0.1, -0.05) is 0 Å². The second-order valence-corrected chi connectivity index (χ2v) is 5.96. The standard InChI is InChI=1S/C18H21N5/c1-22(18-16(13-19)3-2-8-21-18)17-6-11-23(12-7-17)14-15-4-9-20-10-5-15/h2-5,8-10,17H,6-7,11-12,14H2,1H3. The Morgan fingerprint density at radius 3 is 2.65 bits per heavy atom. The minimum absolute atomic E-state index is 0.436. The normalized spacial score (nSPS) is 16.0. The van der Waals surface area contributed by atoms with E-state index in [0.29, 0.717) is 11.6 Å². The average molecular weight is 307 g/mol. The van der Waals surface area contributed by atoms with E-state index in [-0.39, 0.29) is 0 Å².